The highest BCUT2D eigenvalue weighted by atomic mass is 32.2. The van der Waals surface area contributed by atoms with E-state index in [9.17, 15) is 18.3 Å². The van der Waals surface area contributed by atoms with Crippen LogP contribution in [0.1, 0.15) is 19.4 Å². The molecule has 1 aromatic rings. The molecule has 1 saturated heterocycles. The SMILES string of the molecule is CO[C@@H]1O[C@@H](C)[C@@H](O)[C@@H](OS(=O)(=O)c2ccc(C)cc2)[C@@H]1OC(C)=O. The van der Waals surface area contributed by atoms with Gasteiger partial charge in [-0.05, 0) is 26.0 Å². The minimum Gasteiger partial charge on any atom is -0.454 e. The van der Waals surface area contributed by atoms with Gasteiger partial charge in [0.1, 0.15) is 12.2 Å². The number of esters is 1. The molecular weight excluding hydrogens is 352 g/mol. The van der Waals surface area contributed by atoms with Crippen molar-refractivity contribution in [2.75, 3.05) is 7.11 Å². The van der Waals surface area contributed by atoms with Crippen molar-refractivity contribution in [2.24, 2.45) is 0 Å². The Balaban J connectivity index is 2.33. The fourth-order valence-electron chi connectivity index (χ4n) is 2.51. The fourth-order valence-corrected chi connectivity index (χ4v) is 3.60. The predicted octanol–water partition coefficient (Wildman–Crippen LogP) is 0.753. The summed E-state index contributed by atoms with van der Waals surface area (Å²) in [6.45, 7) is 4.51. The number of ether oxygens (including phenoxy) is 3. The van der Waals surface area contributed by atoms with E-state index in [1.54, 1.807) is 12.1 Å². The number of carbonyl (C=O) groups excluding carboxylic acids is 1. The summed E-state index contributed by atoms with van der Waals surface area (Å²) < 4.78 is 45.9. The molecule has 0 radical (unpaired) electrons. The highest BCUT2D eigenvalue weighted by molar-refractivity contribution is 7.86. The van der Waals surface area contributed by atoms with Crippen LogP contribution in [0.4, 0.5) is 0 Å². The Morgan fingerprint density at radius 3 is 2.32 bits per heavy atom. The molecule has 0 bridgehead atoms. The number of aryl methyl sites for hydroxylation is 1. The molecule has 5 atom stereocenters. The third kappa shape index (κ3) is 4.56. The van der Waals surface area contributed by atoms with Crippen molar-refractivity contribution in [3.63, 3.8) is 0 Å². The van der Waals surface area contributed by atoms with Gasteiger partial charge in [-0.15, -0.1) is 0 Å². The van der Waals surface area contributed by atoms with Gasteiger partial charge in [-0.3, -0.25) is 8.98 Å². The summed E-state index contributed by atoms with van der Waals surface area (Å²) in [6.07, 6.45) is -5.80. The third-order valence-corrected chi connectivity index (χ3v) is 5.17. The van der Waals surface area contributed by atoms with Crippen LogP contribution < -0.4 is 0 Å². The Hall–Kier alpha value is -1.52. The van der Waals surface area contributed by atoms with Gasteiger partial charge in [-0.25, -0.2) is 0 Å². The van der Waals surface area contributed by atoms with E-state index in [0.717, 1.165) is 12.5 Å². The maximum Gasteiger partial charge on any atom is 0.303 e. The topological polar surface area (TPSA) is 108 Å². The van der Waals surface area contributed by atoms with Crippen molar-refractivity contribution >= 4 is 16.1 Å². The maximum atomic E-state index is 12.5. The van der Waals surface area contributed by atoms with Gasteiger partial charge in [-0.1, -0.05) is 17.7 Å². The highest BCUT2D eigenvalue weighted by Crippen LogP contribution is 2.29. The second-order valence-corrected chi connectivity index (χ2v) is 7.41. The van der Waals surface area contributed by atoms with Gasteiger partial charge in [-0.2, -0.15) is 8.42 Å². The van der Waals surface area contributed by atoms with Gasteiger partial charge < -0.3 is 19.3 Å². The second-order valence-electron chi connectivity index (χ2n) is 5.84. The average Bonchev–Trinajstić information content (AvgIpc) is 2.54. The number of rotatable bonds is 5. The lowest BCUT2D eigenvalue weighted by Gasteiger charge is -2.41. The molecule has 0 saturated carbocycles. The number of hydrogen-bond donors (Lipinski definition) is 1. The maximum absolute atomic E-state index is 12.5. The zero-order valence-electron chi connectivity index (χ0n) is 14.4. The van der Waals surface area contributed by atoms with Crippen molar-refractivity contribution in [2.45, 2.75) is 56.4 Å². The van der Waals surface area contributed by atoms with Crippen molar-refractivity contribution in [1.29, 1.82) is 0 Å². The van der Waals surface area contributed by atoms with Crippen LogP contribution in [0.2, 0.25) is 0 Å². The predicted molar refractivity (Wildman–Crippen MR) is 86.1 cm³/mol. The Labute approximate surface area is 146 Å². The lowest BCUT2D eigenvalue weighted by molar-refractivity contribution is -0.285. The van der Waals surface area contributed by atoms with E-state index in [-0.39, 0.29) is 4.90 Å². The van der Waals surface area contributed by atoms with E-state index in [0.29, 0.717) is 0 Å². The molecule has 1 aliphatic rings. The number of carbonyl (C=O) groups is 1. The number of benzene rings is 1. The molecule has 2 rings (SSSR count). The van der Waals surface area contributed by atoms with Gasteiger partial charge in [0, 0.05) is 14.0 Å². The zero-order chi connectivity index (χ0) is 18.8. The van der Waals surface area contributed by atoms with E-state index in [4.69, 9.17) is 18.4 Å². The number of aliphatic hydroxyl groups is 1. The molecular formula is C16H22O8S. The molecule has 1 aliphatic heterocycles. The molecule has 0 amide bonds. The highest BCUT2D eigenvalue weighted by Gasteiger charge is 2.49. The molecule has 0 unspecified atom stereocenters. The summed E-state index contributed by atoms with van der Waals surface area (Å²) in [7, 11) is -2.88. The molecule has 0 spiro atoms. The smallest absolute Gasteiger partial charge is 0.303 e. The molecule has 1 heterocycles. The Bertz CT molecular complexity index is 699. The molecule has 8 nitrogen and oxygen atoms in total. The molecule has 0 aliphatic carbocycles. The normalized spacial score (nSPS) is 30.0. The van der Waals surface area contributed by atoms with Crippen LogP contribution >= 0.6 is 0 Å². The van der Waals surface area contributed by atoms with Gasteiger partial charge in [0.15, 0.2) is 12.4 Å². The van der Waals surface area contributed by atoms with Gasteiger partial charge in [0.05, 0.1) is 11.0 Å². The van der Waals surface area contributed by atoms with Crippen molar-refractivity contribution in [1.82, 2.24) is 0 Å². The molecule has 140 valence electrons. The minimum absolute atomic E-state index is 0.0695. The standard InChI is InChI=1S/C16H22O8S/c1-9-5-7-12(8-6-9)25(19,20)24-14-13(18)10(2)22-16(21-4)15(14)23-11(3)17/h5-8,10,13-16,18H,1-4H3/t10-,13+,14+,15-,16+/m0/s1. The molecule has 1 N–H and O–H groups in total. The van der Waals surface area contributed by atoms with Gasteiger partial charge in [0.25, 0.3) is 10.1 Å². The van der Waals surface area contributed by atoms with Crippen LogP contribution in [0.3, 0.4) is 0 Å². The lowest BCUT2D eigenvalue weighted by Crippen LogP contribution is -2.59. The Morgan fingerprint density at radius 2 is 1.80 bits per heavy atom. The molecule has 0 aromatic heterocycles. The Kier molecular flexibility index (Phi) is 6.17. The summed E-state index contributed by atoms with van der Waals surface area (Å²) >= 11 is 0. The first-order valence-corrected chi connectivity index (χ1v) is 9.10. The zero-order valence-corrected chi connectivity index (χ0v) is 15.2. The van der Waals surface area contributed by atoms with E-state index in [1.165, 1.54) is 26.2 Å². The van der Waals surface area contributed by atoms with E-state index >= 15 is 0 Å². The van der Waals surface area contributed by atoms with Crippen molar-refractivity contribution in [3.8, 4) is 0 Å². The first kappa shape index (κ1) is 19.8. The van der Waals surface area contributed by atoms with Crippen LogP contribution in [0.15, 0.2) is 29.2 Å². The van der Waals surface area contributed by atoms with Crippen LogP contribution in [-0.2, 0) is 33.3 Å². The summed E-state index contributed by atoms with van der Waals surface area (Å²) in [5.74, 6) is -0.682. The van der Waals surface area contributed by atoms with Crippen LogP contribution in [0, 0.1) is 6.92 Å². The minimum atomic E-state index is -4.20. The molecule has 9 heteroatoms. The van der Waals surface area contributed by atoms with Crippen molar-refractivity contribution < 1.29 is 36.7 Å². The van der Waals surface area contributed by atoms with Gasteiger partial charge in [0.2, 0.25) is 0 Å². The number of hydrogen-bond acceptors (Lipinski definition) is 8. The molecule has 1 aromatic carbocycles. The molecule has 1 fully saturated rings. The largest absolute Gasteiger partial charge is 0.454 e. The van der Waals surface area contributed by atoms with Crippen LogP contribution in [0.5, 0.6) is 0 Å². The lowest BCUT2D eigenvalue weighted by atomic mass is 10.00. The summed E-state index contributed by atoms with van der Waals surface area (Å²) in [4.78, 5) is 11.3. The quantitative estimate of drug-likeness (QED) is 0.594. The van der Waals surface area contributed by atoms with E-state index < -0.39 is 46.8 Å². The van der Waals surface area contributed by atoms with Gasteiger partial charge >= 0.3 is 5.97 Å². The van der Waals surface area contributed by atoms with E-state index in [2.05, 4.69) is 0 Å². The monoisotopic (exact) mass is 374 g/mol. The summed E-state index contributed by atoms with van der Waals surface area (Å²) in [5.41, 5.74) is 0.885. The van der Waals surface area contributed by atoms with Crippen LogP contribution in [0.25, 0.3) is 0 Å². The molecule has 25 heavy (non-hydrogen) atoms. The fraction of sp³-hybridized carbons (Fsp3) is 0.562. The first-order chi connectivity index (χ1) is 11.7. The van der Waals surface area contributed by atoms with Crippen molar-refractivity contribution in [3.05, 3.63) is 29.8 Å². The Morgan fingerprint density at radius 1 is 1.20 bits per heavy atom. The second kappa shape index (κ2) is 7.79. The number of aliphatic hydroxyl groups excluding tert-OH is 1. The summed E-state index contributed by atoms with van der Waals surface area (Å²) in [6, 6.07) is 6.05. The van der Waals surface area contributed by atoms with E-state index in [1.807, 2.05) is 6.92 Å². The first-order valence-electron chi connectivity index (χ1n) is 7.69. The third-order valence-electron chi connectivity index (χ3n) is 3.84. The summed E-state index contributed by atoms with van der Waals surface area (Å²) in [5, 5.41) is 10.3. The average molecular weight is 374 g/mol. The van der Waals surface area contributed by atoms with Crippen LogP contribution in [-0.4, -0.2) is 57.3 Å². The number of methoxy groups -OCH3 is 1.